The van der Waals surface area contributed by atoms with E-state index in [1.807, 2.05) is 26.8 Å². The van der Waals surface area contributed by atoms with Crippen LogP contribution in [-0.4, -0.2) is 24.6 Å². The van der Waals surface area contributed by atoms with Crippen LogP contribution in [0.25, 0.3) is 0 Å². The zero-order valence-electron chi connectivity index (χ0n) is 13.2. The fourth-order valence-electron chi connectivity index (χ4n) is 1.86. The molecule has 0 aromatic heterocycles. The Hall–Kier alpha value is -1.26. The van der Waals surface area contributed by atoms with Crippen LogP contribution in [0.2, 0.25) is 5.02 Å². The first-order valence-corrected chi connectivity index (χ1v) is 7.65. The highest BCUT2D eigenvalue weighted by Crippen LogP contribution is 2.25. The van der Waals surface area contributed by atoms with Crippen LogP contribution in [0.3, 0.4) is 0 Å². The predicted octanol–water partition coefficient (Wildman–Crippen LogP) is 2.77. The molecule has 0 radical (unpaired) electrons. The first kappa shape index (κ1) is 17.8. The normalized spacial score (nSPS) is 13.9. The number of carbonyl (C=O) groups excluding carboxylic acids is 1. The third-order valence-corrected chi connectivity index (χ3v) is 3.16. The van der Waals surface area contributed by atoms with E-state index < -0.39 is 6.10 Å². The summed E-state index contributed by atoms with van der Waals surface area (Å²) in [6.07, 6.45) is 0.0905. The van der Waals surface area contributed by atoms with Gasteiger partial charge in [0.25, 0.3) is 5.91 Å². The molecule has 4 nitrogen and oxygen atoms in total. The number of carbonyl (C=O) groups is 1. The number of hydrogen-bond acceptors (Lipinski definition) is 3. The molecule has 5 heteroatoms. The molecule has 21 heavy (non-hydrogen) atoms. The minimum Gasteiger partial charge on any atom is -0.481 e. The lowest BCUT2D eigenvalue weighted by molar-refractivity contribution is -0.127. The second kappa shape index (κ2) is 8.25. The SMILES string of the molecule is CC(C)CNC(=O)C(C)Oc1ccc(Cl)cc1CC(C)N. The van der Waals surface area contributed by atoms with Crippen LogP contribution in [0.1, 0.15) is 33.3 Å². The van der Waals surface area contributed by atoms with Gasteiger partial charge in [-0.05, 0) is 49.9 Å². The van der Waals surface area contributed by atoms with Crippen molar-refractivity contribution in [2.45, 2.75) is 46.3 Å². The smallest absolute Gasteiger partial charge is 0.260 e. The molecule has 0 spiro atoms. The molecule has 1 amide bonds. The van der Waals surface area contributed by atoms with Gasteiger partial charge in [0.05, 0.1) is 0 Å². The number of benzene rings is 1. The van der Waals surface area contributed by atoms with Crippen molar-refractivity contribution in [1.82, 2.24) is 5.32 Å². The van der Waals surface area contributed by atoms with Crippen molar-refractivity contribution in [2.24, 2.45) is 11.7 Å². The third-order valence-electron chi connectivity index (χ3n) is 2.92. The summed E-state index contributed by atoms with van der Waals surface area (Å²) < 4.78 is 5.77. The van der Waals surface area contributed by atoms with E-state index in [4.69, 9.17) is 22.1 Å². The molecule has 2 atom stereocenters. The number of nitrogens with two attached hydrogens (primary N) is 1. The van der Waals surface area contributed by atoms with Gasteiger partial charge in [-0.1, -0.05) is 25.4 Å². The molecule has 0 saturated heterocycles. The van der Waals surface area contributed by atoms with Crippen LogP contribution in [-0.2, 0) is 11.2 Å². The lowest BCUT2D eigenvalue weighted by Crippen LogP contribution is -2.38. The maximum absolute atomic E-state index is 12.0. The number of halogens is 1. The lowest BCUT2D eigenvalue weighted by atomic mass is 10.1. The molecule has 0 heterocycles. The van der Waals surface area contributed by atoms with E-state index in [1.54, 1.807) is 19.1 Å². The Kier molecular flexibility index (Phi) is 6.99. The molecular formula is C16H25ClN2O2. The third kappa shape index (κ3) is 6.36. The summed E-state index contributed by atoms with van der Waals surface area (Å²) in [7, 11) is 0. The number of nitrogens with one attached hydrogen (secondary N) is 1. The minimum absolute atomic E-state index is 0.00381. The zero-order chi connectivity index (χ0) is 16.0. The monoisotopic (exact) mass is 312 g/mol. The number of amides is 1. The van der Waals surface area contributed by atoms with Crippen LogP contribution < -0.4 is 15.8 Å². The summed E-state index contributed by atoms with van der Waals surface area (Å²) in [5.74, 6) is 0.944. The molecule has 1 aromatic carbocycles. The van der Waals surface area contributed by atoms with Gasteiger partial charge < -0.3 is 15.8 Å². The molecule has 1 rings (SSSR count). The molecule has 0 fully saturated rings. The fourth-order valence-corrected chi connectivity index (χ4v) is 2.06. The highest BCUT2D eigenvalue weighted by atomic mass is 35.5. The first-order chi connectivity index (χ1) is 9.79. The average molecular weight is 313 g/mol. The van der Waals surface area contributed by atoms with Crippen molar-refractivity contribution in [1.29, 1.82) is 0 Å². The minimum atomic E-state index is -0.559. The Bertz CT molecular complexity index is 475. The topological polar surface area (TPSA) is 64.3 Å². The van der Waals surface area contributed by atoms with Gasteiger partial charge in [-0.2, -0.15) is 0 Å². The first-order valence-electron chi connectivity index (χ1n) is 7.28. The molecule has 1 aromatic rings. The second-order valence-corrected chi connectivity index (χ2v) is 6.27. The van der Waals surface area contributed by atoms with Gasteiger partial charge in [-0.15, -0.1) is 0 Å². The molecule has 0 aliphatic carbocycles. The molecule has 2 unspecified atom stereocenters. The van der Waals surface area contributed by atoms with Gasteiger partial charge in [0.15, 0.2) is 6.10 Å². The highest BCUT2D eigenvalue weighted by molar-refractivity contribution is 6.30. The van der Waals surface area contributed by atoms with Crippen molar-refractivity contribution in [3.05, 3.63) is 28.8 Å². The Morgan fingerprint density at radius 1 is 1.33 bits per heavy atom. The summed E-state index contributed by atoms with van der Waals surface area (Å²) in [6, 6.07) is 5.36. The Morgan fingerprint density at radius 2 is 2.00 bits per heavy atom. The van der Waals surface area contributed by atoms with E-state index in [-0.39, 0.29) is 11.9 Å². The predicted molar refractivity (Wildman–Crippen MR) is 86.7 cm³/mol. The van der Waals surface area contributed by atoms with Gasteiger partial charge in [0.1, 0.15) is 5.75 Å². The molecule has 0 bridgehead atoms. The van der Waals surface area contributed by atoms with E-state index in [0.29, 0.717) is 29.7 Å². The van der Waals surface area contributed by atoms with Crippen molar-refractivity contribution in [3.8, 4) is 5.75 Å². The van der Waals surface area contributed by atoms with Gasteiger partial charge in [0.2, 0.25) is 0 Å². The van der Waals surface area contributed by atoms with Crippen LogP contribution in [0.15, 0.2) is 18.2 Å². The number of ether oxygens (including phenoxy) is 1. The Balaban J connectivity index is 2.74. The van der Waals surface area contributed by atoms with E-state index in [2.05, 4.69) is 5.32 Å². The van der Waals surface area contributed by atoms with E-state index in [1.165, 1.54) is 0 Å². The highest BCUT2D eigenvalue weighted by Gasteiger charge is 2.17. The quantitative estimate of drug-likeness (QED) is 0.813. The molecule has 118 valence electrons. The average Bonchev–Trinajstić information content (AvgIpc) is 2.38. The van der Waals surface area contributed by atoms with Gasteiger partial charge in [-0.3, -0.25) is 4.79 Å². The maximum Gasteiger partial charge on any atom is 0.260 e. The van der Waals surface area contributed by atoms with Crippen LogP contribution in [0, 0.1) is 5.92 Å². The van der Waals surface area contributed by atoms with Crippen molar-refractivity contribution in [3.63, 3.8) is 0 Å². The number of rotatable bonds is 7. The van der Waals surface area contributed by atoms with Gasteiger partial charge >= 0.3 is 0 Å². The van der Waals surface area contributed by atoms with Crippen molar-refractivity contribution in [2.75, 3.05) is 6.54 Å². The maximum atomic E-state index is 12.0. The van der Waals surface area contributed by atoms with Crippen molar-refractivity contribution >= 4 is 17.5 Å². The Morgan fingerprint density at radius 3 is 2.57 bits per heavy atom. The molecule has 0 aliphatic heterocycles. The standard InChI is InChI=1S/C16H25ClN2O2/c1-10(2)9-19-16(20)12(4)21-15-6-5-14(17)8-13(15)7-11(3)18/h5-6,8,10-12H,7,9,18H2,1-4H3,(H,19,20). The second-order valence-electron chi connectivity index (χ2n) is 5.83. The summed E-state index contributed by atoms with van der Waals surface area (Å²) in [6.45, 7) is 8.39. The van der Waals surface area contributed by atoms with Crippen LogP contribution in [0.5, 0.6) is 5.75 Å². The summed E-state index contributed by atoms with van der Waals surface area (Å²) in [5, 5.41) is 3.49. The van der Waals surface area contributed by atoms with Crippen molar-refractivity contribution < 1.29 is 9.53 Å². The number of hydrogen-bond donors (Lipinski definition) is 2. The van der Waals surface area contributed by atoms with Gasteiger partial charge in [-0.25, -0.2) is 0 Å². The van der Waals surface area contributed by atoms with Crippen LogP contribution >= 0.6 is 11.6 Å². The van der Waals surface area contributed by atoms with Crippen LogP contribution in [0.4, 0.5) is 0 Å². The lowest BCUT2D eigenvalue weighted by Gasteiger charge is -2.19. The largest absolute Gasteiger partial charge is 0.481 e. The Labute approximate surface area is 132 Å². The van der Waals surface area contributed by atoms with E-state index in [9.17, 15) is 4.79 Å². The van der Waals surface area contributed by atoms with Gasteiger partial charge in [0, 0.05) is 17.6 Å². The molecule has 3 N–H and O–H groups in total. The molecule has 0 saturated carbocycles. The summed E-state index contributed by atoms with van der Waals surface area (Å²) in [5.41, 5.74) is 6.75. The molecule has 0 aliphatic rings. The van der Waals surface area contributed by atoms with E-state index >= 15 is 0 Å². The summed E-state index contributed by atoms with van der Waals surface area (Å²) in [4.78, 5) is 12.0. The molecular weight excluding hydrogens is 288 g/mol. The van der Waals surface area contributed by atoms with E-state index in [0.717, 1.165) is 5.56 Å². The zero-order valence-corrected chi connectivity index (χ0v) is 13.9. The fraction of sp³-hybridized carbons (Fsp3) is 0.562. The summed E-state index contributed by atoms with van der Waals surface area (Å²) >= 11 is 6.01.